The van der Waals surface area contributed by atoms with Crippen molar-refractivity contribution >= 4 is 11.7 Å². The van der Waals surface area contributed by atoms with E-state index in [2.05, 4.69) is 34.7 Å². The zero-order chi connectivity index (χ0) is 18.6. The van der Waals surface area contributed by atoms with Gasteiger partial charge in [-0.25, -0.2) is 0 Å². The van der Waals surface area contributed by atoms with Gasteiger partial charge in [0.05, 0.1) is 6.10 Å². The molecule has 1 saturated heterocycles. The quantitative estimate of drug-likeness (QED) is 0.775. The highest BCUT2D eigenvalue weighted by atomic mass is 16.5. The number of hydrogen-bond donors (Lipinski definition) is 2. The topological polar surface area (TPSA) is 85.4 Å². The Bertz CT molecular complexity index is 597. The number of anilines is 1. The third-order valence-electron chi connectivity index (χ3n) is 6.16. The molecule has 0 bridgehead atoms. The molecule has 1 amide bonds. The summed E-state index contributed by atoms with van der Waals surface area (Å²) < 4.78 is 10.9. The zero-order valence-corrected chi connectivity index (χ0v) is 16.0. The van der Waals surface area contributed by atoms with E-state index in [9.17, 15) is 4.79 Å². The number of carbonyl (C=O) groups is 1. The fourth-order valence-corrected chi connectivity index (χ4v) is 4.29. The standard InChI is InChI=1S/C19H30N4O3/c1-4-19(5-2)15(12-16(19)25-3)21-17-7-6-14(22-23-17)18(24)20-13-8-10-26-11-9-13/h6-7,13,15-16H,4-5,8-12H2,1-3H3,(H,20,24)(H,21,23). The lowest BCUT2D eigenvalue weighted by molar-refractivity contribution is -0.106. The smallest absolute Gasteiger partial charge is 0.272 e. The fourth-order valence-electron chi connectivity index (χ4n) is 4.29. The molecule has 0 radical (unpaired) electrons. The maximum atomic E-state index is 12.3. The first kappa shape index (κ1) is 19.0. The van der Waals surface area contributed by atoms with E-state index in [4.69, 9.17) is 9.47 Å². The maximum absolute atomic E-state index is 12.3. The summed E-state index contributed by atoms with van der Waals surface area (Å²) in [5.74, 6) is 0.536. The van der Waals surface area contributed by atoms with Gasteiger partial charge in [-0.1, -0.05) is 13.8 Å². The first-order valence-corrected chi connectivity index (χ1v) is 9.64. The van der Waals surface area contributed by atoms with Crippen LogP contribution in [0.4, 0.5) is 5.82 Å². The van der Waals surface area contributed by atoms with Crippen molar-refractivity contribution in [2.45, 2.75) is 64.1 Å². The number of rotatable bonds is 7. The van der Waals surface area contributed by atoms with Gasteiger partial charge in [0, 0.05) is 37.8 Å². The van der Waals surface area contributed by atoms with Crippen molar-refractivity contribution in [3.05, 3.63) is 17.8 Å². The van der Waals surface area contributed by atoms with Crippen LogP contribution in [0.2, 0.25) is 0 Å². The van der Waals surface area contributed by atoms with Gasteiger partial charge in [0.2, 0.25) is 0 Å². The Balaban J connectivity index is 1.58. The highest BCUT2D eigenvalue weighted by Gasteiger charge is 2.53. The Morgan fingerprint density at radius 1 is 1.27 bits per heavy atom. The van der Waals surface area contributed by atoms with Crippen LogP contribution >= 0.6 is 0 Å². The Kier molecular flexibility index (Phi) is 6.09. The molecular formula is C19H30N4O3. The van der Waals surface area contributed by atoms with Crippen molar-refractivity contribution in [3.8, 4) is 0 Å². The first-order valence-electron chi connectivity index (χ1n) is 9.64. The van der Waals surface area contributed by atoms with E-state index in [-0.39, 0.29) is 23.5 Å². The summed E-state index contributed by atoms with van der Waals surface area (Å²) in [6.45, 7) is 5.80. The van der Waals surface area contributed by atoms with Gasteiger partial charge in [-0.3, -0.25) is 4.79 Å². The second kappa shape index (κ2) is 8.31. The molecule has 2 N–H and O–H groups in total. The van der Waals surface area contributed by atoms with Crippen LogP contribution < -0.4 is 10.6 Å². The third-order valence-corrected chi connectivity index (χ3v) is 6.16. The number of carbonyl (C=O) groups excluding carboxylic acids is 1. The minimum absolute atomic E-state index is 0.134. The van der Waals surface area contributed by atoms with Crippen molar-refractivity contribution in [1.82, 2.24) is 15.5 Å². The molecule has 1 aliphatic carbocycles. The molecule has 2 fully saturated rings. The number of hydrogen-bond acceptors (Lipinski definition) is 6. The summed E-state index contributed by atoms with van der Waals surface area (Å²) in [5, 5.41) is 14.8. The Morgan fingerprint density at radius 3 is 2.58 bits per heavy atom. The minimum Gasteiger partial charge on any atom is -0.381 e. The predicted octanol–water partition coefficient (Wildman–Crippen LogP) is 2.39. The highest BCUT2D eigenvalue weighted by Crippen LogP contribution is 2.49. The van der Waals surface area contributed by atoms with Gasteiger partial charge >= 0.3 is 0 Å². The predicted molar refractivity (Wildman–Crippen MR) is 99.2 cm³/mol. The molecule has 2 aliphatic rings. The molecule has 2 heterocycles. The second-order valence-corrected chi connectivity index (χ2v) is 7.26. The van der Waals surface area contributed by atoms with Gasteiger partial charge in [0.15, 0.2) is 5.69 Å². The average Bonchev–Trinajstić information content (AvgIpc) is 2.67. The van der Waals surface area contributed by atoms with E-state index in [1.807, 2.05) is 6.07 Å². The van der Waals surface area contributed by atoms with Gasteiger partial charge in [0.25, 0.3) is 5.91 Å². The molecule has 7 nitrogen and oxygen atoms in total. The lowest BCUT2D eigenvalue weighted by Crippen LogP contribution is -2.60. The summed E-state index contributed by atoms with van der Waals surface area (Å²) in [6.07, 6.45) is 5.05. The van der Waals surface area contributed by atoms with Crippen LogP contribution in [-0.2, 0) is 9.47 Å². The van der Waals surface area contributed by atoms with E-state index < -0.39 is 0 Å². The summed E-state index contributed by atoms with van der Waals surface area (Å²) in [6, 6.07) is 4.04. The number of amides is 1. The molecule has 1 aromatic rings. The largest absolute Gasteiger partial charge is 0.381 e. The fraction of sp³-hybridized carbons (Fsp3) is 0.737. The molecule has 0 spiro atoms. The van der Waals surface area contributed by atoms with Crippen LogP contribution in [0.25, 0.3) is 0 Å². The molecule has 1 aliphatic heterocycles. The van der Waals surface area contributed by atoms with Crippen LogP contribution in [-0.4, -0.2) is 54.6 Å². The maximum Gasteiger partial charge on any atom is 0.272 e. The van der Waals surface area contributed by atoms with Crippen molar-refractivity contribution in [2.24, 2.45) is 5.41 Å². The Morgan fingerprint density at radius 2 is 2.00 bits per heavy atom. The van der Waals surface area contributed by atoms with Crippen LogP contribution in [0.1, 0.15) is 56.4 Å². The third kappa shape index (κ3) is 3.69. The van der Waals surface area contributed by atoms with Gasteiger partial charge in [0.1, 0.15) is 5.82 Å². The number of nitrogens with zero attached hydrogens (tertiary/aromatic N) is 2. The minimum atomic E-state index is -0.171. The van der Waals surface area contributed by atoms with Gasteiger partial charge < -0.3 is 20.1 Å². The molecule has 7 heteroatoms. The average molecular weight is 362 g/mol. The van der Waals surface area contributed by atoms with Crippen LogP contribution in [0, 0.1) is 5.41 Å². The molecule has 1 saturated carbocycles. The molecule has 0 aromatic carbocycles. The van der Waals surface area contributed by atoms with E-state index in [1.165, 1.54) is 0 Å². The van der Waals surface area contributed by atoms with E-state index in [0.717, 1.165) is 32.1 Å². The molecule has 144 valence electrons. The Hall–Kier alpha value is -1.73. The SMILES string of the molecule is CCC1(CC)C(Nc2ccc(C(=O)NC3CCOCC3)nn2)CC1OC. The second-order valence-electron chi connectivity index (χ2n) is 7.26. The van der Waals surface area contributed by atoms with Gasteiger partial charge in [-0.05, 0) is 44.2 Å². The number of ether oxygens (including phenoxy) is 2. The lowest BCUT2D eigenvalue weighted by atomic mass is 9.58. The zero-order valence-electron chi connectivity index (χ0n) is 16.0. The van der Waals surface area contributed by atoms with Crippen molar-refractivity contribution in [1.29, 1.82) is 0 Å². The number of nitrogens with one attached hydrogen (secondary N) is 2. The van der Waals surface area contributed by atoms with Gasteiger partial charge in [-0.2, -0.15) is 0 Å². The molecule has 2 atom stereocenters. The highest BCUT2D eigenvalue weighted by molar-refractivity contribution is 5.92. The van der Waals surface area contributed by atoms with Crippen LogP contribution in [0.5, 0.6) is 0 Å². The van der Waals surface area contributed by atoms with Crippen molar-refractivity contribution < 1.29 is 14.3 Å². The molecular weight excluding hydrogens is 332 g/mol. The lowest BCUT2D eigenvalue weighted by Gasteiger charge is -2.55. The molecule has 2 unspecified atom stereocenters. The summed E-state index contributed by atoms with van der Waals surface area (Å²) in [4.78, 5) is 12.3. The molecule has 3 rings (SSSR count). The summed E-state index contributed by atoms with van der Waals surface area (Å²) >= 11 is 0. The monoisotopic (exact) mass is 362 g/mol. The summed E-state index contributed by atoms with van der Waals surface area (Å²) in [5.41, 5.74) is 0.484. The van der Waals surface area contributed by atoms with Crippen molar-refractivity contribution in [3.63, 3.8) is 0 Å². The Labute approximate surface area is 155 Å². The summed E-state index contributed by atoms with van der Waals surface area (Å²) in [7, 11) is 1.78. The van der Waals surface area contributed by atoms with Gasteiger partial charge in [-0.15, -0.1) is 10.2 Å². The van der Waals surface area contributed by atoms with E-state index in [1.54, 1.807) is 13.2 Å². The number of methoxy groups -OCH3 is 1. The molecule has 1 aromatic heterocycles. The first-order chi connectivity index (χ1) is 12.6. The molecule has 26 heavy (non-hydrogen) atoms. The normalized spacial score (nSPS) is 25.3. The van der Waals surface area contributed by atoms with Crippen LogP contribution in [0.15, 0.2) is 12.1 Å². The van der Waals surface area contributed by atoms with E-state index >= 15 is 0 Å². The van der Waals surface area contributed by atoms with Crippen molar-refractivity contribution in [2.75, 3.05) is 25.6 Å². The number of aromatic nitrogens is 2. The van der Waals surface area contributed by atoms with Crippen LogP contribution in [0.3, 0.4) is 0 Å². The van der Waals surface area contributed by atoms with E-state index in [0.29, 0.717) is 30.8 Å².